The van der Waals surface area contributed by atoms with Gasteiger partial charge in [-0.2, -0.15) is 0 Å². The van der Waals surface area contributed by atoms with Gasteiger partial charge < -0.3 is 5.11 Å². The molecule has 0 saturated heterocycles. The van der Waals surface area contributed by atoms with E-state index >= 15 is 0 Å². The van der Waals surface area contributed by atoms with E-state index in [0.29, 0.717) is 17.6 Å². The van der Waals surface area contributed by atoms with Gasteiger partial charge in [0, 0.05) is 5.39 Å². The zero-order valence-corrected chi connectivity index (χ0v) is 14.6. The lowest BCUT2D eigenvalue weighted by Gasteiger charge is -2.19. The average Bonchev–Trinajstić information content (AvgIpc) is 2.81. The Bertz CT molecular complexity index is 758. The summed E-state index contributed by atoms with van der Waals surface area (Å²) in [5.41, 5.74) is 3.18. The molecule has 7 nitrogen and oxygen atoms in total. The van der Waals surface area contributed by atoms with E-state index in [1.807, 2.05) is 13.8 Å². The van der Waals surface area contributed by atoms with E-state index < -0.39 is 5.82 Å². The van der Waals surface area contributed by atoms with Crippen molar-refractivity contribution in [2.45, 2.75) is 20.5 Å². The summed E-state index contributed by atoms with van der Waals surface area (Å²) in [7, 11) is 1.39. The third kappa shape index (κ3) is 3.86. The van der Waals surface area contributed by atoms with Gasteiger partial charge in [0.25, 0.3) is 0 Å². The van der Waals surface area contributed by atoms with Gasteiger partial charge in [-0.3, -0.25) is 14.3 Å². The molecular weight excluding hydrogens is 333 g/mol. The molecule has 0 aliphatic carbocycles. The summed E-state index contributed by atoms with van der Waals surface area (Å²) in [6, 6.07) is 4.27. The molecule has 24 heavy (non-hydrogen) atoms. The van der Waals surface area contributed by atoms with Crippen LogP contribution in [0.25, 0.3) is 10.9 Å². The van der Waals surface area contributed by atoms with Crippen molar-refractivity contribution in [1.82, 2.24) is 14.9 Å². The molecular formula is C15H20FN5O2S. The molecule has 0 unspecified atom stereocenters. The number of rotatable bonds is 6. The molecule has 2 rings (SSSR count). The maximum Gasteiger partial charge on any atom is 0.237 e. The summed E-state index contributed by atoms with van der Waals surface area (Å²) >= 11 is 4.89. The van der Waals surface area contributed by atoms with Gasteiger partial charge >= 0.3 is 0 Å². The van der Waals surface area contributed by atoms with Crippen LogP contribution < -0.4 is 5.48 Å². The number of aromatic nitrogens is 1. The predicted octanol–water partition coefficient (Wildman–Crippen LogP) is 3.30. The number of hydrogen-bond donors (Lipinski definition) is 2. The maximum absolute atomic E-state index is 13.6. The summed E-state index contributed by atoms with van der Waals surface area (Å²) < 4.78 is 15.3. The predicted molar refractivity (Wildman–Crippen MR) is 93.7 cm³/mol. The summed E-state index contributed by atoms with van der Waals surface area (Å²) in [5, 5.41) is 18.7. The van der Waals surface area contributed by atoms with E-state index in [1.54, 1.807) is 10.6 Å². The van der Waals surface area contributed by atoms with Crippen LogP contribution in [-0.4, -0.2) is 39.9 Å². The fourth-order valence-electron chi connectivity index (χ4n) is 2.36. The minimum absolute atomic E-state index is 0.00190. The van der Waals surface area contributed by atoms with Crippen LogP contribution in [0.5, 0.6) is 5.88 Å². The summed E-state index contributed by atoms with van der Waals surface area (Å²) in [6.45, 7) is 6.14. The molecule has 1 aromatic carbocycles. The van der Waals surface area contributed by atoms with Crippen molar-refractivity contribution < 1.29 is 14.3 Å². The zero-order valence-electron chi connectivity index (χ0n) is 13.8. The topological polar surface area (TPSA) is 74.4 Å². The molecule has 0 bridgehead atoms. The second-order valence-electron chi connectivity index (χ2n) is 5.02. The van der Waals surface area contributed by atoms with Crippen LogP contribution in [-0.2, 0) is 11.5 Å². The minimum Gasteiger partial charge on any atom is -0.493 e. The minimum atomic E-state index is -0.420. The van der Waals surface area contributed by atoms with Crippen LogP contribution in [0.15, 0.2) is 28.4 Å². The lowest BCUT2D eigenvalue weighted by molar-refractivity contribution is 0.145. The standard InChI is InChI=1S/C15H20FN5O2S/c1-4-20(5-2)9-21-12-7-6-10(16)8-11(12)13(14(21)22)17-18-15(24)19-23-3/h6-8,22H,4-5,9H2,1-3H3,(H,19,24). The van der Waals surface area contributed by atoms with E-state index in [0.717, 1.165) is 13.1 Å². The van der Waals surface area contributed by atoms with Gasteiger partial charge in [-0.25, -0.2) is 9.87 Å². The van der Waals surface area contributed by atoms with Crippen LogP contribution in [0.3, 0.4) is 0 Å². The monoisotopic (exact) mass is 353 g/mol. The highest BCUT2D eigenvalue weighted by atomic mass is 32.1. The molecule has 2 aromatic rings. The smallest absolute Gasteiger partial charge is 0.237 e. The number of benzene rings is 1. The maximum atomic E-state index is 13.6. The second kappa shape index (κ2) is 8.13. The van der Waals surface area contributed by atoms with Gasteiger partial charge in [0.05, 0.1) is 19.3 Å². The Kier molecular flexibility index (Phi) is 6.18. The first-order chi connectivity index (χ1) is 11.5. The quantitative estimate of drug-likeness (QED) is 0.473. The Morgan fingerprint density at radius 2 is 2.12 bits per heavy atom. The van der Waals surface area contributed by atoms with Crippen LogP contribution >= 0.6 is 12.2 Å². The van der Waals surface area contributed by atoms with E-state index in [9.17, 15) is 9.50 Å². The number of thiocarbonyl (C=S) groups is 1. The Morgan fingerprint density at radius 3 is 2.75 bits per heavy atom. The number of halogens is 1. The Hall–Kier alpha value is -2.10. The molecule has 0 saturated carbocycles. The molecule has 0 fully saturated rings. The molecule has 1 aromatic heterocycles. The molecule has 0 aliphatic heterocycles. The number of hydroxylamine groups is 1. The van der Waals surface area contributed by atoms with Crippen molar-refractivity contribution in [1.29, 1.82) is 0 Å². The molecule has 9 heteroatoms. The van der Waals surface area contributed by atoms with E-state index in [1.165, 1.54) is 19.2 Å². The molecule has 0 amide bonds. The largest absolute Gasteiger partial charge is 0.493 e. The van der Waals surface area contributed by atoms with Gasteiger partial charge in [-0.15, -0.1) is 10.2 Å². The lowest BCUT2D eigenvalue weighted by Crippen LogP contribution is -2.25. The van der Waals surface area contributed by atoms with E-state index in [2.05, 4.69) is 25.4 Å². The van der Waals surface area contributed by atoms with Crippen molar-refractivity contribution in [3.05, 3.63) is 24.0 Å². The molecule has 0 radical (unpaired) electrons. The molecule has 1 heterocycles. The first-order valence-corrected chi connectivity index (χ1v) is 7.90. The molecule has 0 atom stereocenters. The number of hydrogen-bond acceptors (Lipinski definition) is 5. The normalized spacial score (nSPS) is 11.7. The van der Waals surface area contributed by atoms with Gasteiger partial charge in [-0.1, -0.05) is 13.8 Å². The van der Waals surface area contributed by atoms with Gasteiger partial charge in [-0.05, 0) is 43.5 Å². The van der Waals surface area contributed by atoms with Crippen LogP contribution in [0, 0.1) is 5.82 Å². The number of azo groups is 1. The summed E-state index contributed by atoms with van der Waals surface area (Å²) in [5.74, 6) is -0.511. The Morgan fingerprint density at radius 1 is 1.42 bits per heavy atom. The molecule has 2 N–H and O–H groups in total. The van der Waals surface area contributed by atoms with Gasteiger partial charge in [0.15, 0.2) is 5.69 Å². The van der Waals surface area contributed by atoms with Crippen molar-refractivity contribution in [2.75, 3.05) is 20.2 Å². The fourth-order valence-corrected chi connectivity index (χ4v) is 2.49. The first-order valence-electron chi connectivity index (χ1n) is 7.49. The van der Waals surface area contributed by atoms with E-state index in [-0.39, 0.29) is 16.7 Å². The first kappa shape index (κ1) is 18.2. The molecule has 0 aliphatic rings. The summed E-state index contributed by atoms with van der Waals surface area (Å²) in [4.78, 5) is 6.75. The highest BCUT2D eigenvalue weighted by molar-refractivity contribution is 7.80. The number of nitrogens with one attached hydrogen (secondary N) is 1. The highest BCUT2D eigenvalue weighted by Crippen LogP contribution is 2.39. The highest BCUT2D eigenvalue weighted by Gasteiger charge is 2.18. The van der Waals surface area contributed by atoms with Gasteiger partial charge in [0.1, 0.15) is 5.82 Å². The number of fused-ring (bicyclic) bond motifs is 1. The van der Waals surface area contributed by atoms with Crippen molar-refractivity contribution in [3.63, 3.8) is 0 Å². The lowest BCUT2D eigenvalue weighted by atomic mass is 10.2. The molecule has 0 spiro atoms. The second-order valence-corrected chi connectivity index (χ2v) is 5.40. The van der Waals surface area contributed by atoms with Crippen LogP contribution in [0.1, 0.15) is 13.8 Å². The third-order valence-electron chi connectivity index (χ3n) is 3.64. The third-order valence-corrected chi connectivity index (χ3v) is 3.80. The Balaban J connectivity index is 2.51. The van der Waals surface area contributed by atoms with Crippen molar-refractivity contribution >= 4 is 33.9 Å². The SMILES string of the molecule is CCN(CC)Cn1c(O)c(N=NC(=S)NOC)c2cc(F)ccc21. The van der Waals surface area contributed by atoms with Crippen molar-refractivity contribution in [2.24, 2.45) is 10.2 Å². The Labute approximate surface area is 144 Å². The van der Waals surface area contributed by atoms with Crippen LogP contribution in [0.2, 0.25) is 0 Å². The molecule has 130 valence electrons. The summed E-state index contributed by atoms with van der Waals surface area (Å²) in [6.07, 6.45) is 0. The number of nitrogens with zero attached hydrogens (tertiary/aromatic N) is 4. The van der Waals surface area contributed by atoms with Crippen molar-refractivity contribution in [3.8, 4) is 5.88 Å². The number of aromatic hydroxyl groups is 1. The van der Waals surface area contributed by atoms with Crippen LogP contribution in [0.4, 0.5) is 10.1 Å². The average molecular weight is 353 g/mol. The van der Waals surface area contributed by atoms with E-state index in [4.69, 9.17) is 12.2 Å². The van der Waals surface area contributed by atoms with Gasteiger partial charge in [0.2, 0.25) is 11.0 Å². The zero-order chi connectivity index (χ0) is 17.7. The fraction of sp³-hybridized carbons (Fsp3) is 0.400.